The van der Waals surface area contributed by atoms with Gasteiger partial charge >= 0.3 is 0 Å². The van der Waals surface area contributed by atoms with Crippen LogP contribution in [0.5, 0.6) is 0 Å². The van der Waals surface area contributed by atoms with Gasteiger partial charge < -0.3 is 10.1 Å². The van der Waals surface area contributed by atoms with Gasteiger partial charge in [-0.25, -0.2) is 0 Å². The molecule has 0 amide bonds. The van der Waals surface area contributed by atoms with Gasteiger partial charge in [0.2, 0.25) is 0 Å². The van der Waals surface area contributed by atoms with Crippen molar-refractivity contribution in [2.45, 2.75) is 58.6 Å². The minimum absolute atomic E-state index is 0.540. The fourth-order valence-corrected chi connectivity index (χ4v) is 2.42. The van der Waals surface area contributed by atoms with E-state index in [1.807, 2.05) is 0 Å². The second-order valence-corrected chi connectivity index (χ2v) is 4.42. The number of hydrogen-bond acceptors (Lipinski definition) is 2. The summed E-state index contributed by atoms with van der Waals surface area (Å²) < 4.78 is 5.67. The topological polar surface area (TPSA) is 21.3 Å². The van der Waals surface area contributed by atoms with E-state index in [1.54, 1.807) is 0 Å². The van der Waals surface area contributed by atoms with Crippen LogP contribution in [0.2, 0.25) is 0 Å². The Balaban J connectivity index is 2.26. The third kappa shape index (κ3) is 3.58. The standard InChI is InChI=1S/C12H25NO/c1-4-12(13-5-2)10(3)9-11-7-6-8-14-11/h10-13H,4-9H2,1-3H3. The van der Waals surface area contributed by atoms with Crippen LogP contribution in [-0.2, 0) is 4.74 Å². The Kier molecular flexibility index (Phi) is 5.49. The zero-order valence-corrected chi connectivity index (χ0v) is 9.88. The summed E-state index contributed by atoms with van der Waals surface area (Å²) in [4.78, 5) is 0. The van der Waals surface area contributed by atoms with Gasteiger partial charge in [-0.1, -0.05) is 20.8 Å². The molecular weight excluding hydrogens is 174 g/mol. The highest BCUT2D eigenvalue weighted by atomic mass is 16.5. The second kappa shape index (κ2) is 6.41. The van der Waals surface area contributed by atoms with Crippen molar-refractivity contribution in [3.05, 3.63) is 0 Å². The van der Waals surface area contributed by atoms with E-state index in [0.717, 1.165) is 19.1 Å². The number of nitrogens with one attached hydrogen (secondary N) is 1. The molecule has 84 valence electrons. The van der Waals surface area contributed by atoms with E-state index in [4.69, 9.17) is 4.74 Å². The summed E-state index contributed by atoms with van der Waals surface area (Å²) in [6, 6.07) is 0.671. The zero-order valence-electron chi connectivity index (χ0n) is 9.88. The average Bonchev–Trinajstić information content (AvgIpc) is 2.66. The summed E-state index contributed by atoms with van der Waals surface area (Å²) >= 11 is 0. The second-order valence-electron chi connectivity index (χ2n) is 4.42. The molecule has 1 N–H and O–H groups in total. The van der Waals surface area contributed by atoms with Gasteiger partial charge in [0.25, 0.3) is 0 Å². The first-order valence-electron chi connectivity index (χ1n) is 6.12. The van der Waals surface area contributed by atoms with Crippen molar-refractivity contribution >= 4 is 0 Å². The molecule has 1 fully saturated rings. The summed E-state index contributed by atoms with van der Waals surface area (Å²) in [7, 11) is 0. The Morgan fingerprint density at radius 3 is 2.71 bits per heavy atom. The third-order valence-electron chi connectivity index (χ3n) is 3.25. The van der Waals surface area contributed by atoms with Crippen molar-refractivity contribution in [3.63, 3.8) is 0 Å². The van der Waals surface area contributed by atoms with Crippen LogP contribution in [0.15, 0.2) is 0 Å². The number of rotatable bonds is 6. The molecule has 14 heavy (non-hydrogen) atoms. The average molecular weight is 199 g/mol. The highest BCUT2D eigenvalue weighted by Crippen LogP contribution is 2.22. The zero-order chi connectivity index (χ0) is 10.4. The molecule has 1 aliphatic rings. The van der Waals surface area contributed by atoms with E-state index in [0.29, 0.717) is 12.1 Å². The van der Waals surface area contributed by atoms with Gasteiger partial charge in [0.05, 0.1) is 6.10 Å². The summed E-state index contributed by atoms with van der Waals surface area (Å²) in [5, 5.41) is 3.55. The molecule has 1 heterocycles. The molecule has 0 radical (unpaired) electrons. The molecule has 1 saturated heterocycles. The first kappa shape index (κ1) is 12.0. The minimum Gasteiger partial charge on any atom is -0.378 e. The van der Waals surface area contributed by atoms with Crippen molar-refractivity contribution in [1.29, 1.82) is 0 Å². The lowest BCUT2D eigenvalue weighted by Gasteiger charge is -2.25. The van der Waals surface area contributed by atoms with E-state index in [2.05, 4.69) is 26.1 Å². The first-order chi connectivity index (χ1) is 6.77. The third-order valence-corrected chi connectivity index (χ3v) is 3.25. The van der Waals surface area contributed by atoms with Crippen LogP contribution in [0.3, 0.4) is 0 Å². The molecule has 2 heteroatoms. The molecule has 0 aromatic rings. The SMILES string of the molecule is CCNC(CC)C(C)CC1CCCO1. The van der Waals surface area contributed by atoms with Crippen molar-refractivity contribution < 1.29 is 4.74 Å². The Morgan fingerprint density at radius 2 is 2.21 bits per heavy atom. The fraction of sp³-hybridized carbons (Fsp3) is 1.00. The molecule has 1 rings (SSSR count). The smallest absolute Gasteiger partial charge is 0.0579 e. The Morgan fingerprint density at radius 1 is 1.43 bits per heavy atom. The Bertz CT molecular complexity index is 143. The number of ether oxygens (including phenoxy) is 1. The lowest BCUT2D eigenvalue weighted by molar-refractivity contribution is 0.0856. The monoisotopic (exact) mass is 199 g/mol. The van der Waals surface area contributed by atoms with Crippen LogP contribution < -0.4 is 5.32 Å². The van der Waals surface area contributed by atoms with Crippen molar-refractivity contribution in [1.82, 2.24) is 5.32 Å². The predicted molar refractivity (Wildman–Crippen MR) is 60.5 cm³/mol. The first-order valence-corrected chi connectivity index (χ1v) is 6.12. The van der Waals surface area contributed by atoms with Crippen LogP contribution in [-0.4, -0.2) is 25.3 Å². The van der Waals surface area contributed by atoms with Crippen LogP contribution in [0.25, 0.3) is 0 Å². The summed E-state index contributed by atoms with van der Waals surface area (Å²) in [6.07, 6.45) is 5.52. The molecule has 3 unspecified atom stereocenters. The molecule has 0 aromatic heterocycles. The van der Waals surface area contributed by atoms with Crippen LogP contribution in [0.1, 0.15) is 46.5 Å². The van der Waals surface area contributed by atoms with Gasteiger partial charge in [0.15, 0.2) is 0 Å². The minimum atomic E-state index is 0.540. The normalized spacial score (nSPS) is 26.4. The maximum atomic E-state index is 5.67. The quantitative estimate of drug-likeness (QED) is 0.710. The van der Waals surface area contributed by atoms with E-state index >= 15 is 0 Å². The molecule has 2 nitrogen and oxygen atoms in total. The van der Waals surface area contributed by atoms with Crippen molar-refractivity contribution in [2.75, 3.05) is 13.2 Å². The van der Waals surface area contributed by atoms with E-state index in [9.17, 15) is 0 Å². The van der Waals surface area contributed by atoms with Gasteiger partial charge in [-0.05, 0) is 38.1 Å². The molecule has 0 aromatic carbocycles. The Labute approximate surface area is 88.4 Å². The summed E-state index contributed by atoms with van der Waals surface area (Å²) in [5.41, 5.74) is 0. The van der Waals surface area contributed by atoms with Crippen LogP contribution >= 0.6 is 0 Å². The molecule has 0 saturated carbocycles. The maximum Gasteiger partial charge on any atom is 0.0579 e. The van der Waals surface area contributed by atoms with Gasteiger partial charge in [0.1, 0.15) is 0 Å². The summed E-state index contributed by atoms with van der Waals surface area (Å²) in [5.74, 6) is 0.739. The van der Waals surface area contributed by atoms with E-state index in [1.165, 1.54) is 25.7 Å². The fourth-order valence-electron chi connectivity index (χ4n) is 2.42. The largest absolute Gasteiger partial charge is 0.378 e. The van der Waals surface area contributed by atoms with Gasteiger partial charge in [-0.3, -0.25) is 0 Å². The van der Waals surface area contributed by atoms with Crippen LogP contribution in [0.4, 0.5) is 0 Å². The van der Waals surface area contributed by atoms with Crippen molar-refractivity contribution in [3.8, 4) is 0 Å². The van der Waals surface area contributed by atoms with Gasteiger partial charge in [-0.15, -0.1) is 0 Å². The Hall–Kier alpha value is -0.0800. The van der Waals surface area contributed by atoms with Crippen molar-refractivity contribution in [2.24, 2.45) is 5.92 Å². The number of hydrogen-bond donors (Lipinski definition) is 1. The predicted octanol–water partition coefficient (Wildman–Crippen LogP) is 2.58. The lowest BCUT2D eigenvalue weighted by atomic mass is 9.92. The molecule has 1 aliphatic heterocycles. The van der Waals surface area contributed by atoms with E-state index < -0.39 is 0 Å². The lowest BCUT2D eigenvalue weighted by Crippen LogP contribution is -2.35. The highest BCUT2D eigenvalue weighted by molar-refractivity contribution is 4.76. The van der Waals surface area contributed by atoms with Crippen LogP contribution in [0, 0.1) is 5.92 Å². The van der Waals surface area contributed by atoms with Gasteiger partial charge in [-0.2, -0.15) is 0 Å². The molecule has 3 atom stereocenters. The maximum absolute atomic E-state index is 5.67. The molecule has 0 aliphatic carbocycles. The molecule has 0 bridgehead atoms. The van der Waals surface area contributed by atoms with Gasteiger partial charge in [0, 0.05) is 12.6 Å². The molecule has 0 spiro atoms. The molecular formula is C12H25NO. The summed E-state index contributed by atoms with van der Waals surface area (Å²) in [6.45, 7) is 8.85. The van der Waals surface area contributed by atoms with E-state index in [-0.39, 0.29) is 0 Å². The highest BCUT2D eigenvalue weighted by Gasteiger charge is 2.22.